The molecule has 5 aromatic rings. The SMILES string of the molecule is Cc1nc2c(-c3ccccc3)c(C)[nH]n2c(=O)c1-c1nc2ccccc2o1. The van der Waals surface area contributed by atoms with E-state index in [2.05, 4.69) is 10.1 Å². The lowest BCUT2D eigenvalue weighted by Crippen LogP contribution is -2.19. The minimum atomic E-state index is -0.227. The van der Waals surface area contributed by atoms with Crippen molar-refractivity contribution in [2.75, 3.05) is 0 Å². The molecule has 0 aliphatic carbocycles. The molecule has 6 nitrogen and oxygen atoms in total. The highest BCUT2D eigenvalue weighted by atomic mass is 16.3. The largest absolute Gasteiger partial charge is 0.436 e. The van der Waals surface area contributed by atoms with Gasteiger partial charge in [0.05, 0.1) is 5.69 Å². The Morgan fingerprint density at radius 2 is 1.67 bits per heavy atom. The van der Waals surface area contributed by atoms with Crippen LogP contribution in [-0.4, -0.2) is 19.6 Å². The third kappa shape index (κ3) is 2.30. The van der Waals surface area contributed by atoms with E-state index < -0.39 is 0 Å². The monoisotopic (exact) mass is 356 g/mol. The van der Waals surface area contributed by atoms with Crippen molar-refractivity contribution in [2.24, 2.45) is 0 Å². The molecule has 27 heavy (non-hydrogen) atoms. The number of oxazole rings is 1. The molecule has 0 bridgehead atoms. The Bertz CT molecular complexity index is 1330. The average molecular weight is 356 g/mol. The van der Waals surface area contributed by atoms with E-state index in [1.54, 1.807) is 0 Å². The number of para-hydroxylation sites is 2. The summed E-state index contributed by atoms with van der Waals surface area (Å²) in [6.07, 6.45) is 0. The summed E-state index contributed by atoms with van der Waals surface area (Å²) < 4.78 is 7.28. The van der Waals surface area contributed by atoms with Crippen LogP contribution >= 0.6 is 0 Å². The number of H-pyrrole nitrogens is 1. The summed E-state index contributed by atoms with van der Waals surface area (Å²) in [5, 5.41) is 3.14. The van der Waals surface area contributed by atoms with Crippen LogP contribution in [0, 0.1) is 13.8 Å². The van der Waals surface area contributed by atoms with Gasteiger partial charge in [0, 0.05) is 11.3 Å². The lowest BCUT2D eigenvalue weighted by Gasteiger charge is -2.03. The molecule has 0 fully saturated rings. The minimum Gasteiger partial charge on any atom is -0.436 e. The van der Waals surface area contributed by atoms with E-state index in [1.807, 2.05) is 68.4 Å². The van der Waals surface area contributed by atoms with E-state index in [1.165, 1.54) is 4.52 Å². The fraction of sp³-hybridized carbons (Fsp3) is 0.0952. The average Bonchev–Trinajstić information content (AvgIpc) is 3.23. The lowest BCUT2D eigenvalue weighted by molar-refractivity contribution is 0.616. The van der Waals surface area contributed by atoms with E-state index in [4.69, 9.17) is 9.40 Å². The third-order valence-corrected chi connectivity index (χ3v) is 4.71. The number of fused-ring (bicyclic) bond motifs is 2. The van der Waals surface area contributed by atoms with Gasteiger partial charge in [-0.2, -0.15) is 0 Å². The second-order valence-corrected chi connectivity index (χ2v) is 6.50. The molecule has 0 aliphatic rings. The molecule has 1 N–H and O–H groups in total. The molecule has 3 heterocycles. The van der Waals surface area contributed by atoms with Crippen LogP contribution in [0.15, 0.2) is 63.8 Å². The van der Waals surface area contributed by atoms with E-state index in [-0.39, 0.29) is 11.4 Å². The normalized spacial score (nSPS) is 11.5. The highest BCUT2D eigenvalue weighted by Crippen LogP contribution is 2.29. The van der Waals surface area contributed by atoms with Gasteiger partial charge in [0.2, 0.25) is 5.89 Å². The van der Waals surface area contributed by atoms with Crippen molar-refractivity contribution in [2.45, 2.75) is 13.8 Å². The van der Waals surface area contributed by atoms with Crippen molar-refractivity contribution in [3.63, 3.8) is 0 Å². The summed E-state index contributed by atoms with van der Waals surface area (Å²) in [6.45, 7) is 3.74. The Kier molecular flexibility index (Phi) is 3.27. The van der Waals surface area contributed by atoms with Crippen molar-refractivity contribution < 1.29 is 4.42 Å². The second-order valence-electron chi connectivity index (χ2n) is 6.50. The third-order valence-electron chi connectivity index (χ3n) is 4.71. The lowest BCUT2D eigenvalue weighted by atomic mass is 10.1. The predicted octanol–water partition coefficient (Wildman–Crippen LogP) is 4.11. The quantitative estimate of drug-likeness (QED) is 0.516. The molecule has 0 amide bonds. The number of benzene rings is 2. The second kappa shape index (κ2) is 5.67. The van der Waals surface area contributed by atoms with Gasteiger partial charge < -0.3 is 4.42 Å². The molecule has 3 aromatic heterocycles. The molecule has 6 heteroatoms. The molecule has 2 aromatic carbocycles. The number of aromatic nitrogens is 4. The molecule has 0 radical (unpaired) electrons. The molecule has 0 spiro atoms. The van der Waals surface area contributed by atoms with Crippen molar-refractivity contribution >= 4 is 16.7 Å². The summed E-state index contributed by atoms with van der Waals surface area (Å²) in [6, 6.07) is 17.4. The molecule has 0 aliphatic heterocycles. The smallest absolute Gasteiger partial charge is 0.285 e. The van der Waals surface area contributed by atoms with Gasteiger partial charge >= 0.3 is 0 Å². The van der Waals surface area contributed by atoms with Crippen molar-refractivity contribution in [1.29, 1.82) is 0 Å². The molecule has 132 valence electrons. The van der Waals surface area contributed by atoms with Crippen LogP contribution in [0.1, 0.15) is 11.4 Å². The highest BCUT2D eigenvalue weighted by molar-refractivity contribution is 5.81. The topological polar surface area (TPSA) is 76.2 Å². The van der Waals surface area contributed by atoms with E-state index >= 15 is 0 Å². The minimum absolute atomic E-state index is 0.227. The predicted molar refractivity (Wildman–Crippen MR) is 104 cm³/mol. The Morgan fingerprint density at radius 3 is 2.44 bits per heavy atom. The standard InChI is InChI=1S/C21H16N4O2/c1-12-18(20-23-15-10-6-7-11-16(15)27-20)21(26)25-19(22-12)17(13(2)24-25)14-8-4-3-5-9-14/h3-11,24H,1-2H3. The molecular formula is C21H16N4O2. The van der Waals surface area contributed by atoms with Crippen LogP contribution in [0.25, 0.3) is 39.3 Å². The van der Waals surface area contributed by atoms with Gasteiger partial charge in [-0.3, -0.25) is 9.89 Å². The zero-order valence-corrected chi connectivity index (χ0v) is 14.9. The first-order valence-corrected chi connectivity index (χ1v) is 8.67. The molecule has 0 unspecified atom stereocenters. The number of aromatic amines is 1. The summed E-state index contributed by atoms with van der Waals surface area (Å²) in [5.41, 5.74) is 5.48. The molecule has 0 saturated carbocycles. The van der Waals surface area contributed by atoms with Crippen LogP contribution in [0.3, 0.4) is 0 Å². The van der Waals surface area contributed by atoms with E-state index in [0.29, 0.717) is 28.0 Å². The van der Waals surface area contributed by atoms with Crippen LogP contribution < -0.4 is 5.56 Å². The molecule has 0 saturated heterocycles. The number of nitrogens with one attached hydrogen (secondary N) is 1. The number of hydrogen-bond donors (Lipinski definition) is 1. The maximum atomic E-state index is 13.2. The molecular weight excluding hydrogens is 340 g/mol. The van der Waals surface area contributed by atoms with Crippen molar-refractivity contribution in [1.82, 2.24) is 19.6 Å². The first-order valence-electron chi connectivity index (χ1n) is 8.67. The van der Waals surface area contributed by atoms with Crippen molar-refractivity contribution in [3.8, 4) is 22.6 Å². The Balaban J connectivity index is 1.80. The zero-order chi connectivity index (χ0) is 18.5. The number of hydrogen-bond acceptors (Lipinski definition) is 4. The number of nitrogens with zero attached hydrogens (tertiary/aromatic N) is 3. The zero-order valence-electron chi connectivity index (χ0n) is 14.9. The summed E-state index contributed by atoms with van der Waals surface area (Å²) >= 11 is 0. The van der Waals surface area contributed by atoms with Gasteiger partial charge in [0.1, 0.15) is 11.1 Å². The summed E-state index contributed by atoms with van der Waals surface area (Å²) in [4.78, 5) is 22.4. The van der Waals surface area contributed by atoms with Gasteiger partial charge in [-0.1, -0.05) is 42.5 Å². The van der Waals surface area contributed by atoms with E-state index in [0.717, 1.165) is 16.8 Å². The van der Waals surface area contributed by atoms with Crippen LogP contribution in [0.4, 0.5) is 0 Å². The number of rotatable bonds is 2. The first kappa shape index (κ1) is 15.6. The molecule has 0 atom stereocenters. The fourth-order valence-electron chi connectivity index (χ4n) is 3.47. The van der Waals surface area contributed by atoms with Crippen LogP contribution in [0.5, 0.6) is 0 Å². The maximum Gasteiger partial charge on any atom is 0.285 e. The maximum absolute atomic E-state index is 13.2. The van der Waals surface area contributed by atoms with Gasteiger partial charge in [-0.05, 0) is 31.5 Å². The van der Waals surface area contributed by atoms with Gasteiger partial charge in [-0.15, -0.1) is 0 Å². The van der Waals surface area contributed by atoms with Crippen molar-refractivity contribution in [3.05, 3.63) is 76.3 Å². The molecule has 5 rings (SSSR count). The highest BCUT2D eigenvalue weighted by Gasteiger charge is 2.21. The summed E-state index contributed by atoms with van der Waals surface area (Å²) in [5.74, 6) is 0.286. The van der Waals surface area contributed by atoms with Crippen LogP contribution in [-0.2, 0) is 0 Å². The Hall–Kier alpha value is -3.67. The van der Waals surface area contributed by atoms with E-state index in [9.17, 15) is 4.79 Å². The van der Waals surface area contributed by atoms with Gasteiger partial charge in [-0.25, -0.2) is 14.5 Å². The Morgan fingerprint density at radius 1 is 0.926 bits per heavy atom. The number of aryl methyl sites for hydroxylation is 2. The van der Waals surface area contributed by atoms with Gasteiger partial charge in [0.25, 0.3) is 5.56 Å². The Labute approximate surface area is 154 Å². The fourth-order valence-corrected chi connectivity index (χ4v) is 3.47. The van der Waals surface area contributed by atoms with Gasteiger partial charge in [0.15, 0.2) is 11.2 Å². The summed E-state index contributed by atoms with van der Waals surface area (Å²) in [7, 11) is 0. The first-order chi connectivity index (χ1) is 13.1. The van der Waals surface area contributed by atoms with Crippen LogP contribution in [0.2, 0.25) is 0 Å².